The summed E-state index contributed by atoms with van der Waals surface area (Å²) in [6.07, 6.45) is 45.4. The van der Waals surface area contributed by atoms with E-state index in [0.29, 0.717) is 21.0 Å². The van der Waals surface area contributed by atoms with Gasteiger partial charge in [-0.2, -0.15) is 0 Å². The van der Waals surface area contributed by atoms with Gasteiger partial charge in [0.15, 0.2) is 4.08 Å². The SMILES string of the molecule is CCCCCCC(CCCCC)SC(SC(CCCCC)CCCCCC)C(SC(CCCCC)CCCCCC)(SC(CCCCC)CCCCCC)C(=O)O. The van der Waals surface area contributed by atoms with Crippen molar-refractivity contribution in [2.45, 2.75) is 316 Å². The molecule has 6 heteroatoms. The molecule has 0 rings (SSSR count). The first-order chi connectivity index (χ1) is 27.8. The van der Waals surface area contributed by atoms with Crippen molar-refractivity contribution in [2.24, 2.45) is 0 Å². The van der Waals surface area contributed by atoms with Crippen LogP contribution in [0.2, 0.25) is 0 Å². The first-order valence-corrected chi connectivity index (χ1v) is 29.4. The van der Waals surface area contributed by atoms with E-state index in [2.05, 4.69) is 78.9 Å². The van der Waals surface area contributed by atoms with Gasteiger partial charge in [-0.05, 0) is 51.4 Å². The molecular weight excluding hydrogens is 773 g/mol. The maximum atomic E-state index is 14.8. The van der Waals surface area contributed by atoms with Gasteiger partial charge in [0, 0.05) is 21.0 Å². The Bertz CT molecular complexity index is 784. The summed E-state index contributed by atoms with van der Waals surface area (Å²) in [5.74, 6) is -0.498. The van der Waals surface area contributed by atoms with Gasteiger partial charge in [-0.25, -0.2) is 4.79 Å². The second kappa shape index (κ2) is 42.2. The van der Waals surface area contributed by atoms with Crippen LogP contribution in [0.1, 0.15) is 287 Å². The summed E-state index contributed by atoms with van der Waals surface area (Å²) in [6, 6.07) is 0. The van der Waals surface area contributed by atoms with Crippen LogP contribution in [0.3, 0.4) is 0 Å². The van der Waals surface area contributed by atoms with Crippen molar-refractivity contribution in [3.05, 3.63) is 0 Å². The summed E-state index contributed by atoms with van der Waals surface area (Å²) < 4.78 is -0.772. The highest BCUT2D eigenvalue weighted by Crippen LogP contribution is 2.57. The predicted octanol–water partition coefficient (Wildman–Crippen LogP) is 19.7. The van der Waals surface area contributed by atoms with Crippen LogP contribution < -0.4 is 0 Å². The maximum Gasteiger partial charge on any atom is 0.332 e. The van der Waals surface area contributed by atoms with Crippen molar-refractivity contribution in [1.82, 2.24) is 0 Å². The van der Waals surface area contributed by atoms with E-state index in [1.54, 1.807) is 0 Å². The highest BCUT2D eigenvalue weighted by Gasteiger charge is 2.52. The Morgan fingerprint density at radius 3 is 0.789 bits per heavy atom. The van der Waals surface area contributed by atoms with Gasteiger partial charge in [0.1, 0.15) is 0 Å². The predicted molar refractivity (Wildman–Crippen MR) is 271 cm³/mol. The molecule has 0 aromatic carbocycles. The van der Waals surface area contributed by atoms with Crippen molar-refractivity contribution in [3.63, 3.8) is 0 Å². The van der Waals surface area contributed by atoms with Gasteiger partial charge in [0.25, 0.3) is 0 Å². The molecule has 4 unspecified atom stereocenters. The average molecular weight is 876 g/mol. The molecule has 0 aliphatic rings. The van der Waals surface area contributed by atoms with Gasteiger partial charge in [-0.1, -0.05) is 235 Å². The summed E-state index contributed by atoms with van der Waals surface area (Å²) >= 11 is 8.38. The summed E-state index contributed by atoms with van der Waals surface area (Å²) in [7, 11) is 0. The third-order valence-electron chi connectivity index (χ3n) is 12.0. The van der Waals surface area contributed by atoms with Crippen molar-refractivity contribution in [1.29, 1.82) is 0 Å². The number of carboxylic acid groups (broad SMARTS) is 1. The molecule has 0 spiro atoms. The molecule has 0 saturated carbocycles. The second-order valence-corrected chi connectivity index (χ2v) is 24.2. The van der Waals surface area contributed by atoms with E-state index in [0.717, 1.165) is 0 Å². The number of hydrogen-bond acceptors (Lipinski definition) is 5. The summed E-state index contributed by atoms with van der Waals surface area (Å²) in [5.41, 5.74) is 0. The van der Waals surface area contributed by atoms with Gasteiger partial charge in [-0.15, -0.1) is 47.0 Å². The Morgan fingerprint density at radius 1 is 0.351 bits per heavy atom. The third-order valence-corrected chi connectivity index (χ3v) is 19.8. The van der Waals surface area contributed by atoms with Crippen LogP contribution in [0.5, 0.6) is 0 Å². The van der Waals surface area contributed by atoms with E-state index in [1.165, 1.54) is 231 Å². The quantitative estimate of drug-likeness (QED) is 0.0485. The summed E-state index contributed by atoms with van der Waals surface area (Å²) in [5, 5.41) is 14.1. The fourth-order valence-corrected chi connectivity index (χ4v) is 16.8. The largest absolute Gasteiger partial charge is 0.480 e. The average Bonchev–Trinajstić information content (AvgIpc) is 3.20. The van der Waals surface area contributed by atoms with Crippen molar-refractivity contribution >= 4 is 53.0 Å². The van der Waals surface area contributed by atoms with E-state index >= 15 is 0 Å². The van der Waals surface area contributed by atoms with E-state index in [4.69, 9.17) is 0 Å². The molecule has 0 radical (unpaired) electrons. The molecule has 57 heavy (non-hydrogen) atoms. The molecular formula is C51H102O2S4. The third kappa shape index (κ3) is 30.5. The smallest absolute Gasteiger partial charge is 0.332 e. The monoisotopic (exact) mass is 875 g/mol. The topological polar surface area (TPSA) is 37.3 Å². The molecule has 0 aliphatic carbocycles. The lowest BCUT2D eigenvalue weighted by Crippen LogP contribution is -2.45. The van der Waals surface area contributed by atoms with E-state index in [9.17, 15) is 9.90 Å². The van der Waals surface area contributed by atoms with Crippen molar-refractivity contribution in [3.8, 4) is 0 Å². The zero-order chi connectivity index (χ0) is 42.2. The minimum atomic E-state index is -0.836. The zero-order valence-corrected chi connectivity index (χ0v) is 43.1. The van der Waals surface area contributed by atoms with Crippen LogP contribution in [0, 0.1) is 0 Å². The Balaban J connectivity index is 7.51. The molecule has 0 fully saturated rings. The van der Waals surface area contributed by atoms with Crippen LogP contribution in [0.15, 0.2) is 0 Å². The van der Waals surface area contributed by atoms with Gasteiger partial charge >= 0.3 is 5.97 Å². The molecule has 0 bridgehead atoms. The van der Waals surface area contributed by atoms with Crippen LogP contribution in [-0.4, -0.2) is 40.7 Å². The number of rotatable bonds is 46. The van der Waals surface area contributed by atoms with Gasteiger partial charge in [-0.3, -0.25) is 0 Å². The summed E-state index contributed by atoms with van der Waals surface area (Å²) in [6.45, 7) is 18.6. The number of aliphatic carboxylic acids is 1. The van der Waals surface area contributed by atoms with Gasteiger partial charge in [0.05, 0.1) is 4.58 Å². The molecule has 0 aromatic heterocycles. The Hall–Kier alpha value is 0.870. The Morgan fingerprint density at radius 2 is 0.561 bits per heavy atom. The lowest BCUT2D eigenvalue weighted by Gasteiger charge is -2.42. The first-order valence-electron chi connectivity index (χ1n) is 25.7. The fraction of sp³-hybridized carbons (Fsp3) is 0.980. The molecule has 0 saturated heterocycles. The highest BCUT2D eigenvalue weighted by molar-refractivity contribution is 8.25. The van der Waals surface area contributed by atoms with E-state index < -0.39 is 10.0 Å². The zero-order valence-electron chi connectivity index (χ0n) is 39.8. The number of hydrogen-bond donors (Lipinski definition) is 1. The lowest BCUT2D eigenvalue weighted by atomic mass is 10.1. The molecule has 0 amide bonds. The van der Waals surface area contributed by atoms with Crippen molar-refractivity contribution in [2.75, 3.05) is 0 Å². The molecule has 0 aromatic rings. The van der Waals surface area contributed by atoms with Crippen LogP contribution in [0.25, 0.3) is 0 Å². The van der Waals surface area contributed by atoms with Crippen LogP contribution in [0.4, 0.5) is 0 Å². The van der Waals surface area contributed by atoms with E-state index in [1.807, 2.05) is 23.5 Å². The molecule has 342 valence electrons. The molecule has 2 nitrogen and oxygen atoms in total. The first kappa shape index (κ1) is 57.9. The normalized spacial score (nSPS) is 15.6. The number of unbranched alkanes of at least 4 members (excludes halogenated alkanes) is 20. The second-order valence-electron chi connectivity index (χ2n) is 17.7. The fourth-order valence-electron chi connectivity index (χ4n) is 8.16. The molecule has 1 N–H and O–H groups in total. The Labute approximate surface area is 376 Å². The highest BCUT2D eigenvalue weighted by atomic mass is 32.2. The van der Waals surface area contributed by atoms with Crippen LogP contribution >= 0.6 is 47.0 Å². The Kier molecular flexibility index (Phi) is 42.8. The number of thioether (sulfide) groups is 4. The summed E-state index contributed by atoms with van der Waals surface area (Å²) in [4.78, 5) is 14.8. The minimum absolute atomic E-state index is 0.0641. The molecule has 0 heterocycles. The van der Waals surface area contributed by atoms with Crippen molar-refractivity contribution < 1.29 is 9.90 Å². The number of carbonyl (C=O) groups is 1. The standard InChI is InChI=1S/C51H102O2S4/c1-9-17-25-33-39-45(37-29-21-13-5)54-50(55-46(38-30-22-14-6)40-34-26-18-10-2)51(49(52)53,56-47(41-31-23-15-7)43-35-27-19-11-3)57-48(42-32-24-16-8)44-36-28-20-12-4/h45-48,50H,9-44H2,1-8H3,(H,52,53). The maximum absolute atomic E-state index is 14.8. The van der Waals surface area contributed by atoms with E-state index in [-0.39, 0.29) is 4.58 Å². The number of carboxylic acids is 1. The minimum Gasteiger partial charge on any atom is -0.480 e. The van der Waals surface area contributed by atoms with Gasteiger partial charge < -0.3 is 5.11 Å². The lowest BCUT2D eigenvalue weighted by molar-refractivity contribution is -0.137. The molecule has 4 atom stereocenters. The molecule has 0 aliphatic heterocycles. The van der Waals surface area contributed by atoms with Crippen LogP contribution in [-0.2, 0) is 4.79 Å². The van der Waals surface area contributed by atoms with Gasteiger partial charge in [0.2, 0.25) is 0 Å².